The molecule has 184 valence electrons. The summed E-state index contributed by atoms with van der Waals surface area (Å²) in [6, 6.07) is 21.2. The summed E-state index contributed by atoms with van der Waals surface area (Å²) in [7, 11) is 0. The number of hydrogen-bond acceptors (Lipinski definition) is 4. The van der Waals surface area contributed by atoms with Crippen LogP contribution in [0.25, 0.3) is 21.9 Å². The SMILES string of the molecule is O=C(O)CCc1cccc(-c2ccc3cc(NC(=O)c4ccco4)ccc3c2)c1OCC1CCCC1. The Hall–Kier alpha value is -4.06. The van der Waals surface area contributed by atoms with E-state index < -0.39 is 5.97 Å². The highest BCUT2D eigenvalue weighted by Crippen LogP contribution is 2.37. The first-order valence-corrected chi connectivity index (χ1v) is 12.4. The lowest BCUT2D eigenvalue weighted by Crippen LogP contribution is -2.11. The molecule has 0 atom stereocenters. The van der Waals surface area contributed by atoms with E-state index in [2.05, 4.69) is 11.4 Å². The molecule has 1 aliphatic rings. The Balaban J connectivity index is 1.43. The molecule has 1 aromatic heterocycles. The minimum atomic E-state index is -0.817. The average Bonchev–Trinajstić information content (AvgIpc) is 3.61. The first kappa shape index (κ1) is 23.7. The van der Waals surface area contributed by atoms with Crippen LogP contribution < -0.4 is 10.1 Å². The van der Waals surface area contributed by atoms with E-state index in [0.29, 0.717) is 24.6 Å². The van der Waals surface area contributed by atoms with Crippen molar-refractivity contribution in [2.45, 2.75) is 38.5 Å². The summed E-state index contributed by atoms with van der Waals surface area (Å²) in [5.74, 6) is 0.489. The third-order valence-electron chi connectivity index (χ3n) is 6.80. The first-order chi connectivity index (χ1) is 17.6. The normalized spacial score (nSPS) is 13.7. The molecule has 0 radical (unpaired) electrons. The second-order valence-electron chi connectivity index (χ2n) is 9.36. The molecular weight excluding hydrogens is 454 g/mol. The zero-order chi connectivity index (χ0) is 24.9. The third-order valence-corrected chi connectivity index (χ3v) is 6.80. The zero-order valence-electron chi connectivity index (χ0n) is 20.0. The van der Waals surface area contributed by atoms with Crippen LogP contribution in [0.1, 0.15) is 48.2 Å². The predicted molar refractivity (Wildman–Crippen MR) is 139 cm³/mol. The number of carbonyl (C=O) groups excluding carboxylic acids is 1. The molecule has 0 spiro atoms. The Morgan fingerprint density at radius 2 is 1.78 bits per heavy atom. The Morgan fingerprint density at radius 3 is 2.56 bits per heavy atom. The molecule has 0 unspecified atom stereocenters. The van der Waals surface area contributed by atoms with Crippen LogP contribution in [0, 0.1) is 5.92 Å². The van der Waals surface area contributed by atoms with E-state index in [9.17, 15) is 14.7 Å². The van der Waals surface area contributed by atoms with Gasteiger partial charge in [0.1, 0.15) is 5.75 Å². The third kappa shape index (κ3) is 5.43. The summed E-state index contributed by atoms with van der Waals surface area (Å²) in [5, 5.41) is 14.1. The number of aliphatic carboxylic acids is 1. The number of carboxylic acid groups (broad SMARTS) is 1. The number of fused-ring (bicyclic) bond motifs is 1. The molecule has 6 nitrogen and oxygen atoms in total. The average molecular weight is 484 g/mol. The fourth-order valence-corrected chi connectivity index (χ4v) is 4.89. The smallest absolute Gasteiger partial charge is 0.303 e. The van der Waals surface area contributed by atoms with Gasteiger partial charge < -0.3 is 19.6 Å². The van der Waals surface area contributed by atoms with Crippen molar-refractivity contribution in [3.63, 3.8) is 0 Å². The Kier molecular flexibility index (Phi) is 7.03. The van der Waals surface area contributed by atoms with Gasteiger partial charge in [0.25, 0.3) is 5.91 Å². The lowest BCUT2D eigenvalue weighted by Gasteiger charge is -2.19. The number of carboxylic acids is 1. The standard InChI is InChI=1S/C30H29NO5/c32-28(33)15-13-21-7-3-8-26(29(21)36-19-20-5-1-2-6-20)24-11-10-23-18-25(14-12-22(23)17-24)31-30(34)27-9-4-16-35-27/h3-4,7-12,14,16-18,20H,1-2,5-6,13,15,19H2,(H,31,34)(H,32,33). The number of ether oxygens (including phenoxy) is 1. The van der Waals surface area contributed by atoms with Crippen molar-refractivity contribution in [1.29, 1.82) is 0 Å². The van der Waals surface area contributed by atoms with E-state index in [4.69, 9.17) is 9.15 Å². The maximum atomic E-state index is 12.3. The van der Waals surface area contributed by atoms with Crippen LogP contribution in [0.3, 0.4) is 0 Å². The molecular formula is C30H29NO5. The van der Waals surface area contributed by atoms with Gasteiger partial charge in [0.15, 0.2) is 5.76 Å². The van der Waals surface area contributed by atoms with Crippen LogP contribution in [-0.2, 0) is 11.2 Å². The summed E-state index contributed by atoms with van der Waals surface area (Å²) < 4.78 is 11.6. The van der Waals surface area contributed by atoms with Crippen LogP contribution in [0.5, 0.6) is 5.75 Å². The molecule has 2 N–H and O–H groups in total. The van der Waals surface area contributed by atoms with E-state index in [0.717, 1.165) is 33.2 Å². The number of rotatable bonds is 9. The van der Waals surface area contributed by atoms with Crippen LogP contribution in [0.4, 0.5) is 5.69 Å². The number of nitrogens with one attached hydrogen (secondary N) is 1. The van der Waals surface area contributed by atoms with Gasteiger partial charge in [-0.15, -0.1) is 0 Å². The van der Waals surface area contributed by atoms with E-state index in [1.807, 2.05) is 48.5 Å². The summed E-state index contributed by atoms with van der Waals surface area (Å²) in [6.45, 7) is 0.656. The number of hydrogen-bond donors (Lipinski definition) is 2. The quantitative estimate of drug-likeness (QED) is 0.269. The molecule has 36 heavy (non-hydrogen) atoms. The van der Waals surface area contributed by atoms with Crippen LogP contribution >= 0.6 is 0 Å². The van der Waals surface area contributed by atoms with Crippen molar-refractivity contribution < 1.29 is 23.8 Å². The number of aryl methyl sites for hydroxylation is 1. The maximum Gasteiger partial charge on any atom is 0.303 e. The van der Waals surface area contributed by atoms with Gasteiger partial charge in [0.2, 0.25) is 0 Å². The molecule has 5 rings (SSSR count). The zero-order valence-corrected chi connectivity index (χ0v) is 20.0. The maximum absolute atomic E-state index is 12.3. The molecule has 4 aromatic rings. The molecule has 0 bridgehead atoms. The van der Waals surface area contributed by atoms with Gasteiger partial charge in [-0.3, -0.25) is 9.59 Å². The summed E-state index contributed by atoms with van der Waals surface area (Å²) in [4.78, 5) is 23.6. The molecule has 1 aliphatic carbocycles. The summed E-state index contributed by atoms with van der Waals surface area (Å²) >= 11 is 0. The van der Waals surface area contributed by atoms with Crippen molar-refractivity contribution in [2.75, 3.05) is 11.9 Å². The topological polar surface area (TPSA) is 88.8 Å². The second-order valence-corrected chi connectivity index (χ2v) is 9.36. The predicted octanol–water partition coefficient (Wildman–Crippen LogP) is 6.94. The van der Waals surface area contributed by atoms with Gasteiger partial charge in [-0.25, -0.2) is 0 Å². The number of carbonyl (C=O) groups is 2. The number of amides is 1. The minimum absolute atomic E-state index is 0.0630. The fraction of sp³-hybridized carbons (Fsp3) is 0.267. The number of benzene rings is 3. The first-order valence-electron chi connectivity index (χ1n) is 12.4. The van der Waals surface area contributed by atoms with Crippen LogP contribution in [-0.4, -0.2) is 23.6 Å². The van der Waals surface area contributed by atoms with Gasteiger partial charge in [-0.2, -0.15) is 0 Å². The molecule has 1 saturated carbocycles. The van der Waals surface area contributed by atoms with Crippen molar-refractivity contribution in [2.24, 2.45) is 5.92 Å². The monoisotopic (exact) mass is 483 g/mol. The fourth-order valence-electron chi connectivity index (χ4n) is 4.89. The van der Waals surface area contributed by atoms with Crippen molar-refractivity contribution in [1.82, 2.24) is 0 Å². The number of anilines is 1. The van der Waals surface area contributed by atoms with E-state index in [1.54, 1.807) is 12.1 Å². The van der Waals surface area contributed by atoms with Crippen molar-refractivity contribution >= 4 is 28.3 Å². The molecule has 3 aromatic carbocycles. The molecule has 1 heterocycles. The molecule has 0 aliphatic heterocycles. The van der Waals surface area contributed by atoms with Gasteiger partial charge in [0.05, 0.1) is 12.9 Å². The highest BCUT2D eigenvalue weighted by Gasteiger charge is 2.19. The highest BCUT2D eigenvalue weighted by molar-refractivity contribution is 6.03. The molecule has 1 amide bonds. The lowest BCUT2D eigenvalue weighted by molar-refractivity contribution is -0.136. The van der Waals surface area contributed by atoms with Crippen LogP contribution in [0.2, 0.25) is 0 Å². The van der Waals surface area contributed by atoms with Crippen molar-refractivity contribution in [3.05, 3.63) is 84.3 Å². The highest BCUT2D eigenvalue weighted by atomic mass is 16.5. The largest absolute Gasteiger partial charge is 0.492 e. The lowest BCUT2D eigenvalue weighted by atomic mass is 9.96. The molecule has 6 heteroatoms. The van der Waals surface area contributed by atoms with E-state index >= 15 is 0 Å². The Bertz CT molecular complexity index is 1370. The van der Waals surface area contributed by atoms with Gasteiger partial charge in [-0.1, -0.05) is 49.2 Å². The molecule has 0 saturated heterocycles. The Labute approximate surface area is 209 Å². The second kappa shape index (κ2) is 10.7. The van der Waals surface area contributed by atoms with E-state index in [1.165, 1.54) is 31.9 Å². The van der Waals surface area contributed by atoms with Gasteiger partial charge in [0, 0.05) is 17.7 Å². The summed E-state index contributed by atoms with van der Waals surface area (Å²) in [6.07, 6.45) is 6.82. The minimum Gasteiger partial charge on any atom is -0.492 e. The number of furan rings is 1. The van der Waals surface area contributed by atoms with Gasteiger partial charge >= 0.3 is 5.97 Å². The van der Waals surface area contributed by atoms with Gasteiger partial charge in [-0.05, 0) is 77.4 Å². The van der Waals surface area contributed by atoms with Crippen LogP contribution in [0.15, 0.2) is 77.4 Å². The van der Waals surface area contributed by atoms with E-state index in [-0.39, 0.29) is 18.1 Å². The summed E-state index contributed by atoms with van der Waals surface area (Å²) in [5.41, 5.74) is 3.58. The number of para-hydroxylation sites is 1. The Morgan fingerprint density at radius 1 is 0.972 bits per heavy atom. The van der Waals surface area contributed by atoms with Crippen molar-refractivity contribution in [3.8, 4) is 16.9 Å². The molecule has 1 fully saturated rings.